The number of nitrogens with one attached hydrogen (secondary N) is 3. The average molecular weight is 1090 g/mol. The number of amides is 3. The Kier molecular flexibility index (Phi) is 20.7. The number of methoxy groups -OCH3 is 1. The van der Waals surface area contributed by atoms with E-state index in [0.717, 1.165) is 33.4 Å². The van der Waals surface area contributed by atoms with Crippen LogP contribution in [0.25, 0.3) is 0 Å². The first-order valence-corrected chi connectivity index (χ1v) is 28.4. The van der Waals surface area contributed by atoms with Crippen molar-refractivity contribution in [2.45, 2.75) is 111 Å². The van der Waals surface area contributed by atoms with Crippen molar-refractivity contribution in [1.29, 1.82) is 0 Å². The smallest absolute Gasteiger partial charge is 0.308 e. The number of allylic oxidation sites excluding steroid dienone is 1. The van der Waals surface area contributed by atoms with Gasteiger partial charge in [-0.05, 0) is 85.6 Å². The lowest BCUT2D eigenvalue weighted by atomic mass is 9.84. The van der Waals surface area contributed by atoms with E-state index in [9.17, 15) is 34.2 Å². The third-order valence-electron chi connectivity index (χ3n) is 13.6. The molecule has 4 atom stereocenters. The Balaban J connectivity index is 1.11. The largest absolute Gasteiger partial charge is 0.469 e. The van der Waals surface area contributed by atoms with Gasteiger partial charge >= 0.3 is 11.9 Å². The summed E-state index contributed by atoms with van der Waals surface area (Å²) in [6, 6.07) is 58.0. The van der Waals surface area contributed by atoms with Crippen LogP contribution in [-0.4, -0.2) is 93.9 Å². The lowest BCUT2D eigenvalue weighted by Crippen LogP contribution is -2.58. The second-order valence-electron chi connectivity index (χ2n) is 20.5. The summed E-state index contributed by atoms with van der Waals surface area (Å²) in [6.45, 7) is 5.19. The summed E-state index contributed by atoms with van der Waals surface area (Å²) in [5.41, 5.74) is 4.17. The van der Waals surface area contributed by atoms with E-state index >= 15 is 0 Å². The van der Waals surface area contributed by atoms with Crippen LogP contribution in [0.1, 0.15) is 99.1 Å². The fourth-order valence-corrected chi connectivity index (χ4v) is 12.6. The maximum atomic E-state index is 14.8. The lowest BCUT2D eigenvalue weighted by molar-refractivity contribution is -0.155. The minimum absolute atomic E-state index is 0.0167. The van der Waals surface area contributed by atoms with Crippen molar-refractivity contribution in [1.82, 2.24) is 16.0 Å². The summed E-state index contributed by atoms with van der Waals surface area (Å²) in [5, 5.41) is 31.1. The van der Waals surface area contributed by atoms with E-state index in [2.05, 4.69) is 52.3 Å². The van der Waals surface area contributed by atoms with Gasteiger partial charge in [0.05, 0.1) is 47.2 Å². The number of benzene rings is 6. The number of hydrogen-bond donors (Lipinski definition) is 5. The minimum atomic E-state index is -1.35. The molecular formula is C64H71N3O9S2. The van der Waals surface area contributed by atoms with Crippen LogP contribution in [0.3, 0.4) is 0 Å². The first kappa shape index (κ1) is 58.7. The van der Waals surface area contributed by atoms with Gasteiger partial charge in [0, 0.05) is 12.2 Å². The highest BCUT2D eigenvalue weighted by Crippen LogP contribution is 2.50. The van der Waals surface area contributed by atoms with Crippen LogP contribution in [0.15, 0.2) is 194 Å². The molecule has 6 aromatic rings. The highest BCUT2D eigenvalue weighted by atomic mass is 32.2. The van der Waals surface area contributed by atoms with Gasteiger partial charge in [-0.3, -0.25) is 24.0 Å². The minimum Gasteiger partial charge on any atom is -0.469 e. The van der Waals surface area contributed by atoms with Gasteiger partial charge in [0.2, 0.25) is 17.7 Å². The fourth-order valence-electron chi connectivity index (χ4n) is 9.61. The summed E-state index contributed by atoms with van der Waals surface area (Å²) >= 11 is 3.21. The maximum absolute atomic E-state index is 14.8. The summed E-state index contributed by atoms with van der Waals surface area (Å²) in [6.07, 6.45) is 1.10. The number of ether oxygens (including phenoxy) is 2. The quantitative estimate of drug-likeness (QED) is 0.0143. The molecule has 1 fully saturated rings. The van der Waals surface area contributed by atoms with Crippen LogP contribution in [0.4, 0.5) is 0 Å². The number of esters is 2. The second kappa shape index (κ2) is 27.6. The number of carbonyl (C=O) groups excluding carboxylic acids is 5. The SMILES string of the molecule is COC(=O)CC(O)C1(NC(=O)C(CSC(c2ccccc2)(c2ccccc2)c2ccccc2)NC(=O)[C@@H](CCC(=O)OC(C)(C)C)NC(=O)C[C@H](O)/C=C/CCSC(c2ccccc2)(c2ccccc2)c2ccccc2)CC1. The Bertz CT molecular complexity index is 2710. The van der Waals surface area contributed by atoms with E-state index in [0.29, 0.717) is 25.0 Å². The van der Waals surface area contributed by atoms with Crippen molar-refractivity contribution < 1.29 is 43.7 Å². The predicted octanol–water partition coefficient (Wildman–Crippen LogP) is 9.80. The van der Waals surface area contributed by atoms with Gasteiger partial charge < -0.3 is 35.6 Å². The molecule has 14 heteroatoms. The molecule has 2 unspecified atom stereocenters. The van der Waals surface area contributed by atoms with E-state index in [1.165, 1.54) is 18.9 Å². The molecule has 1 aliphatic carbocycles. The Hall–Kier alpha value is -6.97. The normalized spacial score (nSPS) is 14.7. The van der Waals surface area contributed by atoms with Crippen LogP contribution in [0, 0.1) is 0 Å². The zero-order valence-corrected chi connectivity index (χ0v) is 46.4. The van der Waals surface area contributed by atoms with E-state index < -0.39 is 81.0 Å². The maximum Gasteiger partial charge on any atom is 0.308 e. The van der Waals surface area contributed by atoms with Crippen LogP contribution >= 0.6 is 23.5 Å². The molecule has 1 aliphatic rings. The number of hydrogen-bond acceptors (Lipinski definition) is 11. The fraction of sp³-hybridized carbons (Fsp3) is 0.328. The number of thioether (sulfide) groups is 2. The standard InChI is InChI=1S/C64H71N3O9S2/c1-61(2,3)76-57(71)39-38-53(65-56(70)43-52(68)37-23-24-42-77-63(46-25-11-5-12-26-46,47-27-13-6-14-28-47)48-29-15-7-16-30-48)59(73)66-54(60(74)67-62(40-41-62)55(69)44-58(72)75-4)45-78-64(49-31-17-8-18-32-49,50-33-19-9-20-34-50)51-35-21-10-22-36-51/h5-23,25-37,52-55,68-69H,24,38-45H2,1-4H3,(H,65,70)(H,66,73)(H,67,74)/b37-23+/t52-,53-,54?,55?/m1/s1. The van der Waals surface area contributed by atoms with E-state index in [1.807, 2.05) is 152 Å². The average Bonchev–Trinajstić information content (AvgIpc) is 4.32. The second-order valence-corrected chi connectivity index (χ2v) is 23.0. The summed E-state index contributed by atoms with van der Waals surface area (Å²) in [5.74, 6) is -2.61. The van der Waals surface area contributed by atoms with Crippen molar-refractivity contribution >= 4 is 53.2 Å². The van der Waals surface area contributed by atoms with Crippen LogP contribution < -0.4 is 16.0 Å². The Morgan fingerprint density at radius 3 is 1.40 bits per heavy atom. The summed E-state index contributed by atoms with van der Waals surface area (Å²) in [7, 11) is 1.22. The zero-order chi connectivity index (χ0) is 55.6. The van der Waals surface area contributed by atoms with E-state index in [1.54, 1.807) is 38.6 Å². The molecule has 7 rings (SSSR count). The number of carbonyl (C=O) groups is 5. The Labute approximate surface area is 467 Å². The predicted molar refractivity (Wildman–Crippen MR) is 309 cm³/mol. The third-order valence-corrected chi connectivity index (χ3v) is 16.9. The van der Waals surface area contributed by atoms with Gasteiger partial charge in [-0.25, -0.2) is 0 Å². The number of aliphatic hydroxyl groups excluding tert-OH is 2. The van der Waals surface area contributed by atoms with Gasteiger partial charge in [0.1, 0.15) is 17.7 Å². The number of rotatable bonds is 27. The molecule has 5 N–H and O–H groups in total. The van der Waals surface area contributed by atoms with Gasteiger partial charge in [0.25, 0.3) is 0 Å². The first-order valence-electron chi connectivity index (χ1n) is 26.4. The van der Waals surface area contributed by atoms with Gasteiger partial charge in [-0.15, -0.1) is 23.5 Å². The van der Waals surface area contributed by atoms with Gasteiger partial charge in [-0.2, -0.15) is 0 Å². The van der Waals surface area contributed by atoms with Crippen molar-refractivity contribution in [3.63, 3.8) is 0 Å². The molecule has 78 heavy (non-hydrogen) atoms. The monoisotopic (exact) mass is 1090 g/mol. The van der Waals surface area contributed by atoms with Crippen molar-refractivity contribution in [2.75, 3.05) is 18.6 Å². The molecule has 408 valence electrons. The topological polar surface area (TPSA) is 180 Å². The Morgan fingerprint density at radius 1 is 0.577 bits per heavy atom. The van der Waals surface area contributed by atoms with Gasteiger partial charge in [-0.1, -0.05) is 194 Å². The molecule has 0 bridgehead atoms. The molecular weight excluding hydrogens is 1020 g/mol. The molecule has 1 saturated carbocycles. The van der Waals surface area contributed by atoms with Crippen molar-refractivity contribution in [2.24, 2.45) is 0 Å². The molecule has 0 radical (unpaired) electrons. The third kappa shape index (κ3) is 15.4. The van der Waals surface area contributed by atoms with E-state index in [-0.39, 0.29) is 25.0 Å². The van der Waals surface area contributed by atoms with E-state index in [4.69, 9.17) is 9.47 Å². The molecule has 6 aromatic carbocycles. The molecule has 3 amide bonds. The van der Waals surface area contributed by atoms with Crippen LogP contribution in [0.2, 0.25) is 0 Å². The molecule has 12 nitrogen and oxygen atoms in total. The zero-order valence-electron chi connectivity index (χ0n) is 44.7. The highest BCUT2D eigenvalue weighted by Gasteiger charge is 2.52. The van der Waals surface area contributed by atoms with Gasteiger partial charge in [0.15, 0.2) is 0 Å². The molecule has 0 saturated heterocycles. The number of aliphatic hydroxyl groups is 2. The van der Waals surface area contributed by atoms with Crippen LogP contribution in [-0.2, 0) is 42.9 Å². The van der Waals surface area contributed by atoms with Crippen molar-refractivity contribution in [3.05, 3.63) is 228 Å². The summed E-state index contributed by atoms with van der Waals surface area (Å²) < 4.78 is 8.97. The molecule has 0 heterocycles. The molecule has 0 aromatic heterocycles. The van der Waals surface area contributed by atoms with Crippen molar-refractivity contribution in [3.8, 4) is 0 Å². The first-order chi connectivity index (χ1) is 37.6. The molecule has 0 spiro atoms. The Morgan fingerprint density at radius 2 is 1.00 bits per heavy atom. The highest BCUT2D eigenvalue weighted by molar-refractivity contribution is 8.00. The van der Waals surface area contributed by atoms with Crippen LogP contribution in [0.5, 0.6) is 0 Å². The lowest BCUT2D eigenvalue weighted by Gasteiger charge is -2.37. The molecule has 0 aliphatic heterocycles. The summed E-state index contributed by atoms with van der Waals surface area (Å²) in [4.78, 5) is 68.9.